The molecule has 0 spiro atoms. The van der Waals surface area contributed by atoms with Gasteiger partial charge < -0.3 is 0 Å². The summed E-state index contributed by atoms with van der Waals surface area (Å²) >= 11 is 1.17. The molecule has 2 aromatic heterocycles. The van der Waals surface area contributed by atoms with Gasteiger partial charge in [-0.15, -0.1) is 10.2 Å². The minimum Gasteiger partial charge on any atom is -0.299 e. The number of aromatic nitrogens is 4. The number of carbonyl (C=O) groups is 1. The van der Waals surface area contributed by atoms with Crippen molar-refractivity contribution in [1.82, 2.24) is 19.7 Å². The minimum atomic E-state index is -0.633. The van der Waals surface area contributed by atoms with Crippen molar-refractivity contribution in [3.8, 4) is 0 Å². The molecule has 0 aliphatic carbocycles. The van der Waals surface area contributed by atoms with Crippen LogP contribution in [0.2, 0.25) is 0 Å². The highest BCUT2D eigenvalue weighted by atomic mass is 32.1. The van der Waals surface area contributed by atoms with Crippen LogP contribution >= 0.6 is 11.3 Å². The molecular weight excluding hydrogens is 294 g/mol. The van der Waals surface area contributed by atoms with Gasteiger partial charge in [-0.1, -0.05) is 23.5 Å². The molecule has 1 aromatic carbocycles. The number of rotatable bonds is 3. The molecular formula is C12H9N5O3S. The quantitative estimate of drug-likeness (QED) is 0.717. The first-order chi connectivity index (χ1) is 10.1. The Balaban J connectivity index is 1.99. The summed E-state index contributed by atoms with van der Waals surface area (Å²) in [6.07, 6.45) is 0. The number of nitrogens with zero attached hydrogens (tertiary/aromatic N) is 3. The van der Waals surface area contributed by atoms with Crippen molar-refractivity contribution in [3.05, 3.63) is 50.6 Å². The normalized spacial score (nSPS) is 10.7. The second kappa shape index (κ2) is 5.29. The molecule has 0 bridgehead atoms. The van der Waals surface area contributed by atoms with Crippen molar-refractivity contribution in [2.24, 2.45) is 0 Å². The first kappa shape index (κ1) is 13.2. The van der Waals surface area contributed by atoms with Gasteiger partial charge in [0, 0.05) is 0 Å². The van der Waals surface area contributed by atoms with Crippen LogP contribution in [0, 0.1) is 0 Å². The molecule has 2 heterocycles. The Labute approximate surface area is 121 Å². The molecule has 3 rings (SSSR count). The highest BCUT2D eigenvalue weighted by Gasteiger charge is 2.11. The summed E-state index contributed by atoms with van der Waals surface area (Å²) in [5.74, 6) is -0.425. The largest absolute Gasteiger partial charge is 0.329 e. The average Bonchev–Trinajstić information content (AvgIpc) is 2.96. The van der Waals surface area contributed by atoms with Gasteiger partial charge in [-0.3, -0.25) is 24.5 Å². The summed E-state index contributed by atoms with van der Waals surface area (Å²) in [6.45, 7) is -0.226. The van der Waals surface area contributed by atoms with Gasteiger partial charge in [-0.05, 0) is 12.1 Å². The maximum atomic E-state index is 11.9. The molecule has 0 fully saturated rings. The standard InChI is InChI=1S/C12H9N5O3S/c18-9(14-11-16-13-6-21-11)5-17-8-4-2-1-3-7(8)10(19)15-12(17)20/h1-4,6H,5H2,(H,14,16,18)(H,15,19,20). The van der Waals surface area contributed by atoms with E-state index in [-0.39, 0.29) is 6.54 Å². The van der Waals surface area contributed by atoms with E-state index in [2.05, 4.69) is 20.5 Å². The van der Waals surface area contributed by atoms with Crippen molar-refractivity contribution in [2.75, 3.05) is 5.32 Å². The zero-order valence-electron chi connectivity index (χ0n) is 10.6. The number of carbonyl (C=O) groups excluding carboxylic acids is 1. The molecule has 0 atom stereocenters. The van der Waals surface area contributed by atoms with Crippen LogP contribution in [-0.4, -0.2) is 25.7 Å². The molecule has 21 heavy (non-hydrogen) atoms. The fraction of sp³-hybridized carbons (Fsp3) is 0.0833. The highest BCUT2D eigenvalue weighted by molar-refractivity contribution is 7.13. The molecule has 8 nitrogen and oxygen atoms in total. The van der Waals surface area contributed by atoms with Crippen molar-refractivity contribution < 1.29 is 4.79 Å². The number of para-hydroxylation sites is 1. The zero-order chi connectivity index (χ0) is 14.8. The van der Waals surface area contributed by atoms with Crippen molar-refractivity contribution in [3.63, 3.8) is 0 Å². The highest BCUT2D eigenvalue weighted by Crippen LogP contribution is 2.09. The lowest BCUT2D eigenvalue weighted by atomic mass is 10.2. The van der Waals surface area contributed by atoms with E-state index >= 15 is 0 Å². The van der Waals surface area contributed by atoms with E-state index in [0.717, 1.165) is 0 Å². The first-order valence-corrected chi connectivity index (χ1v) is 6.81. The summed E-state index contributed by atoms with van der Waals surface area (Å²) in [4.78, 5) is 37.7. The monoisotopic (exact) mass is 303 g/mol. The third-order valence-electron chi connectivity index (χ3n) is 2.81. The zero-order valence-corrected chi connectivity index (χ0v) is 11.4. The fourth-order valence-corrected chi connectivity index (χ4v) is 2.39. The molecule has 0 aliphatic heterocycles. The minimum absolute atomic E-state index is 0.226. The van der Waals surface area contributed by atoms with E-state index in [9.17, 15) is 14.4 Å². The fourth-order valence-electron chi connectivity index (χ4n) is 1.93. The number of hydrogen-bond donors (Lipinski definition) is 2. The molecule has 0 aliphatic rings. The van der Waals surface area contributed by atoms with E-state index in [4.69, 9.17) is 0 Å². The van der Waals surface area contributed by atoms with Gasteiger partial charge in [0.2, 0.25) is 11.0 Å². The molecule has 0 saturated heterocycles. The number of anilines is 1. The molecule has 0 saturated carbocycles. The summed E-state index contributed by atoms with van der Waals surface area (Å²) in [5, 5.41) is 10.5. The number of nitrogens with one attached hydrogen (secondary N) is 2. The molecule has 0 radical (unpaired) electrons. The number of aromatic amines is 1. The smallest absolute Gasteiger partial charge is 0.299 e. The van der Waals surface area contributed by atoms with Gasteiger partial charge in [0.15, 0.2) is 0 Å². The maximum Gasteiger partial charge on any atom is 0.329 e. The van der Waals surface area contributed by atoms with Crippen molar-refractivity contribution in [2.45, 2.75) is 6.54 Å². The molecule has 3 aromatic rings. The van der Waals surface area contributed by atoms with Crippen LogP contribution in [0.4, 0.5) is 5.13 Å². The van der Waals surface area contributed by atoms with E-state index < -0.39 is 17.2 Å². The van der Waals surface area contributed by atoms with E-state index in [1.807, 2.05) is 0 Å². The van der Waals surface area contributed by atoms with Crippen LogP contribution < -0.4 is 16.6 Å². The summed E-state index contributed by atoms with van der Waals surface area (Å²) in [5.41, 5.74) is 0.776. The number of H-pyrrole nitrogens is 1. The topological polar surface area (TPSA) is 110 Å². The average molecular weight is 303 g/mol. The van der Waals surface area contributed by atoms with Crippen LogP contribution in [0.25, 0.3) is 10.9 Å². The first-order valence-electron chi connectivity index (χ1n) is 5.93. The molecule has 9 heteroatoms. The summed E-state index contributed by atoms with van der Waals surface area (Å²) in [6, 6.07) is 6.59. The molecule has 1 amide bonds. The molecule has 2 N–H and O–H groups in total. The molecule has 0 unspecified atom stereocenters. The predicted molar refractivity (Wildman–Crippen MR) is 77.4 cm³/mol. The Morgan fingerprint density at radius 1 is 1.33 bits per heavy atom. The van der Waals surface area contributed by atoms with Gasteiger partial charge in [0.25, 0.3) is 5.56 Å². The van der Waals surface area contributed by atoms with Gasteiger partial charge >= 0.3 is 5.69 Å². The second-order valence-electron chi connectivity index (χ2n) is 4.15. The number of amides is 1. The van der Waals surface area contributed by atoms with Crippen LogP contribution in [0.1, 0.15) is 0 Å². The Kier molecular flexibility index (Phi) is 3.32. The van der Waals surface area contributed by atoms with Gasteiger partial charge in [-0.2, -0.15) is 0 Å². The summed E-state index contributed by atoms with van der Waals surface area (Å²) in [7, 11) is 0. The Morgan fingerprint density at radius 2 is 2.14 bits per heavy atom. The van der Waals surface area contributed by atoms with Crippen LogP contribution in [0.5, 0.6) is 0 Å². The predicted octanol–water partition coefficient (Wildman–Crippen LogP) is 0.180. The summed E-state index contributed by atoms with van der Waals surface area (Å²) < 4.78 is 1.20. The van der Waals surface area contributed by atoms with E-state index in [1.54, 1.807) is 24.3 Å². The van der Waals surface area contributed by atoms with Crippen LogP contribution in [0.3, 0.4) is 0 Å². The lowest BCUT2D eigenvalue weighted by Gasteiger charge is -2.08. The maximum absolute atomic E-state index is 11.9. The van der Waals surface area contributed by atoms with Gasteiger partial charge in [0.1, 0.15) is 12.1 Å². The van der Waals surface area contributed by atoms with Crippen molar-refractivity contribution >= 4 is 33.3 Å². The van der Waals surface area contributed by atoms with Gasteiger partial charge in [0.05, 0.1) is 10.9 Å². The van der Waals surface area contributed by atoms with E-state index in [0.29, 0.717) is 16.0 Å². The Bertz CT molecular complexity index is 913. The molecule has 106 valence electrons. The number of fused-ring (bicyclic) bond motifs is 1. The second-order valence-corrected chi connectivity index (χ2v) is 4.99. The number of hydrogen-bond acceptors (Lipinski definition) is 6. The lowest BCUT2D eigenvalue weighted by Crippen LogP contribution is -2.33. The third-order valence-corrected chi connectivity index (χ3v) is 3.42. The SMILES string of the molecule is O=C(Cn1c(=O)[nH]c(=O)c2ccccc21)Nc1nncs1. The van der Waals surface area contributed by atoms with Crippen LogP contribution in [0.15, 0.2) is 39.4 Å². The van der Waals surface area contributed by atoms with Gasteiger partial charge in [-0.25, -0.2) is 4.79 Å². The number of benzene rings is 1. The Morgan fingerprint density at radius 3 is 2.90 bits per heavy atom. The Hall–Kier alpha value is -2.81. The van der Waals surface area contributed by atoms with E-state index in [1.165, 1.54) is 21.4 Å². The third kappa shape index (κ3) is 2.58. The van der Waals surface area contributed by atoms with Crippen LogP contribution in [-0.2, 0) is 11.3 Å². The lowest BCUT2D eigenvalue weighted by molar-refractivity contribution is -0.116. The van der Waals surface area contributed by atoms with Crippen molar-refractivity contribution in [1.29, 1.82) is 0 Å².